The first-order valence-corrected chi connectivity index (χ1v) is 20.2. The number of hydrogen-bond acceptors (Lipinski definition) is 12. The minimum atomic E-state index is -3.87. The summed E-state index contributed by atoms with van der Waals surface area (Å²) in [6, 6.07) is 27.0. The number of nitrogens with one attached hydrogen (secondary N) is 4. The third kappa shape index (κ3) is 9.45. The quantitative estimate of drug-likeness (QED) is 0.0817. The molecular weight excluding hydrogens is 802 g/mol. The number of nitrogens with zero attached hydrogens (tertiary/aromatic N) is 3. The lowest BCUT2D eigenvalue weighted by Gasteiger charge is -2.27. The highest BCUT2D eigenvalue weighted by Crippen LogP contribution is 2.34. The molecule has 302 valence electrons. The molecule has 0 saturated carbocycles. The average Bonchev–Trinajstić information content (AvgIpc) is 3.49. The van der Waals surface area contributed by atoms with E-state index in [4.69, 9.17) is 21.1 Å². The molecule has 7 rings (SSSR count). The molecule has 0 aliphatic carbocycles. The van der Waals surface area contributed by atoms with Crippen molar-refractivity contribution in [1.82, 2.24) is 30.2 Å². The molecule has 1 fully saturated rings. The van der Waals surface area contributed by atoms with Crippen molar-refractivity contribution in [3.8, 4) is 28.1 Å². The Bertz CT molecular complexity index is 2540. The second-order valence-electron chi connectivity index (χ2n) is 13.3. The second-order valence-corrected chi connectivity index (χ2v) is 15.4. The molecule has 1 saturated heterocycles. The summed E-state index contributed by atoms with van der Waals surface area (Å²) in [4.78, 5) is 72.3. The zero-order valence-corrected chi connectivity index (χ0v) is 32.7. The van der Waals surface area contributed by atoms with Crippen LogP contribution in [0.15, 0.2) is 108 Å². The van der Waals surface area contributed by atoms with Gasteiger partial charge in [0.15, 0.2) is 6.61 Å². The van der Waals surface area contributed by atoms with E-state index in [1.165, 1.54) is 36.5 Å². The molecule has 5 amide bonds. The van der Waals surface area contributed by atoms with Gasteiger partial charge >= 0.3 is 0 Å². The van der Waals surface area contributed by atoms with Gasteiger partial charge in [-0.05, 0) is 60.0 Å². The van der Waals surface area contributed by atoms with Crippen LogP contribution in [-0.2, 0) is 29.1 Å². The number of carbonyl (C=O) groups excluding carboxylic acids is 5. The number of ether oxygens (including phenoxy) is 2. The van der Waals surface area contributed by atoms with Crippen LogP contribution in [0, 0.1) is 0 Å². The van der Waals surface area contributed by atoms with E-state index >= 15 is 0 Å². The maximum absolute atomic E-state index is 13.2. The minimum Gasteiger partial charge on any atom is -0.483 e. The Kier molecular flexibility index (Phi) is 12.4. The molecule has 16 nitrogen and oxygen atoms in total. The van der Waals surface area contributed by atoms with Gasteiger partial charge in [-0.1, -0.05) is 66.2 Å². The molecule has 2 aliphatic rings. The van der Waals surface area contributed by atoms with Crippen LogP contribution in [0.1, 0.15) is 33.6 Å². The lowest BCUT2D eigenvalue weighted by Crippen LogP contribution is -2.54. The number of carbonyl (C=O) groups is 5. The molecule has 1 atom stereocenters. The van der Waals surface area contributed by atoms with E-state index in [0.29, 0.717) is 16.4 Å². The fraction of sp³-hybridized carbons (Fsp3) is 0.195. The van der Waals surface area contributed by atoms with Crippen LogP contribution in [0.4, 0.5) is 11.6 Å². The van der Waals surface area contributed by atoms with Crippen molar-refractivity contribution < 1.29 is 41.9 Å². The van der Waals surface area contributed by atoms with E-state index < -0.39 is 52.2 Å². The third-order valence-electron chi connectivity index (χ3n) is 9.30. The molecule has 59 heavy (non-hydrogen) atoms. The zero-order chi connectivity index (χ0) is 41.5. The summed E-state index contributed by atoms with van der Waals surface area (Å²) in [7, 11) is -3.87. The van der Waals surface area contributed by atoms with Gasteiger partial charge in [0.1, 0.15) is 11.8 Å². The SMILES string of the molecule is O=C(COc1cccc2c1C(=O)N(C1CCC(=O)NC1=O)C2=O)NCCOCCNS(=O)(=O)c1ccc(Nc2ncc(Cl)c(-c3cccc(-c4ccccc4)c3)n2)cc1. The van der Waals surface area contributed by atoms with Gasteiger partial charge in [-0.3, -0.25) is 34.2 Å². The van der Waals surface area contributed by atoms with E-state index in [0.717, 1.165) is 21.6 Å². The van der Waals surface area contributed by atoms with E-state index in [1.54, 1.807) is 12.1 Å². The molecule has 4 aromatic carbocycles. The molecule has 1 unspecified atom stereocenters. The highest BCUT2D eigenvalue weighted by Gasteiger charge is 2.46. The van der Waals surface area contributed by atoms with Gasteiger partial charge in [0, 0.05) is 30.8 Å². The topological polar surface area (TPSA) is 215 Å². The molecule has 1 aromatic heterocycles. The normalized spacial score (nSPS) is 15.1. The van der Waals surface area contributed by atoms with Gasteiger partial charge in [-0.2, -0.15) is 0 Å². The van der Waals surface area contributed by atoms with E-state index in [9.17, 15) is 32.4 Å². The highest BCUT2D eigenvalue weighted by molar-refractivity contribution is 7.89. The van der Waals surface area contributed by atoms with Gasteiger partial charge < -0.3 is 20.1 Å². The van der Waals surface area contributed by atoms with Crippen LogP contribution >= 0.6 is 11.6 Å². The Labute approximate surface area is 343 Å². The van der Waals surface area contributed by atoms with Crippen molar-refractivity contribution >= 4 is 62.8 Å². The molecule has 3 heterocycles. The average molecular weight is 838 g/mol. The maximum Gasteiger partial charge on any atom is 0.266 e. The number of rotatable bonds is 16. The van der Waals surface area contributed by atoms with E-state index in [1.807, 2.05) is 54.6 Å². The smallest absolute Gasteiger partial charge is 0.266 e. The van der Waals surface area contributed by atoms with Crippen LogP contribution in [0.3, 0.4) is 0 Å². The molecular formula is C41H36ClN7O9S. The number of aromatic nitrogens is 2. The number of imide groups is 2. The van der Waals surface area contributed by atoms with Crippen LogP contribution in [0.25, 0.3) is 22.4 Å². The maximum atomic E-state index is 13.2. The number of benzene rings is 4. The van der Waals surface area contributed by atoms with Crippen LogP contribution < -0.4 is 25.4 Å². The molecule has 0 bridgehead atoms. The van der Waals surface area contributed by atoms with Gasteiger partial charge in [-0.15, -0.1) is 0 Å². The van der Waals surface area contributed by atoms with Gasteiger partial charge in [0.05, 0.1) is 46.1 Å². The summed E-state index contributed by atoms with van der Waals surface area (Å²) in [5.41, 5.74) is 3.92. The molecule has 4 N–H and O–H groups in total. The second kappa shape index (κ2) is 17.9. The fourth-order valence-corrected chi connectivity index (χ4v) is 7.66. The van der Waals surface area contributed by atoms with Crippen molar-refractivity contribution in [1.29, 1.82) is 0 Å². The predicted octanol–water partition coefficient (Wildman–Crippen LogP) is 4.10. The monoisotopic (exact) mass is 837 g/mol. The summed E-state index contributed by atoms with van der Waals surface area (Å²) in [6.07, 6.45) is 1.49. The summed E-state index contributed by atoms with van der Waals surface area (Å²) in [5.74, 6) is -2.94. The Morgan fingerprint density at radius 1 is 0.864 bits per heavy atom. The summed E-state index contributed by atoms with van der Waals surface area (Å²) < 4.78 is 39.3. The Morgan fingerprint density at radius 2 is 1.59 bits per heavy atom. The lowest BCUT2D eigenvalue weighted by molar-refractivity contribution is -0.136. The summed E-state index contributed by atoms with van der Waals surface area (Å²) in [6.45, 7) is -0.354. The number of hydrogen-bond donors (Lipinski definition) is 4. The first kappa shape index (κ1) is 40.7. The summed E-state index contributed by atoms with van der Waals surface area (Å²) >= 11 is 6.48. The molecule has 0 spiro atoms. The van der Waals surface area contributed by atoms with Gasteiger partial charge in [0.2, 0.25) is 27.8 Å². The molecule has 5 aromatic rings. The zero-order valence-electron chi connectivity index (χ0n) is 31.1. The van der Waals surface area contributed by atoms with Gasteiger partial charge in [0.25, 0.3) is 17.7 Å². The number of sulfonamides is 1. The number of fused-ring (bicyclic) bond motifs is 1. The number of piperidine rings is 1. The van der Waals surface area contributed by atoms with Crippen LogP contribution in [0.2, 0.25) is 5.02 Å². The van der Waals surface area contributed by atoms with Crippen molar-refractivity contribution in [2.75, 3.05) is 38.2 Å². The van der Waals surface area contributed by atoms with E-state index in [-0.39, 0.29) is 66.9 Å². The number of amides is 5. The van der Waals surface area contributed by atoms with Crippen molar-refractivity contribution in [2.24, 2.45) is 0 Å². The Hall–Kier alpha value is -6.53. The molecule has 0 radical (unpaired) electrons. The number of anilines is 2. The van der Waals surface area contributed by atoms with Crippen LogP contribution in [-0.4, -0.2) is 91.8 Å². The van der Waals surface area contributed by atoms with Crippen molar-refractivity contribution in [3.05, 3.63) is 119 Å². The lowest BCUT2D eigenvalue weighted by atomic mass is 10.0. The first-order chi connectivity index (χ1) is 28.5. The van der Waals surface area contributed by atoms with Crippen molar-refractivity contribution in [2.45, 2.75) is 23.8 Å². The van der Waals surface area contributed by atoms with Gasteiger partial charge in [-0.25, -0.2) is 23.1 Å². The Morgan fingerprint density at radius 3 is 2.37 bits per heavy atom. The van der Waals surface area contributed by atoms with Crippen LogP contribution in [0.5, 0.6) is 5.75 Å². The first-order valence-electron chi connectivity index (χ1n) is 18.4. The molecule has 18 heteroatoms. The predicted molar refractivity (Wildman–Crippen MR) is 215 cm³/mol. The minimum absolute atomic E-state index is 0.00589. The van der Waals surface area contributed by atoms with Crippen molar-refractivity contribution in [3.63, 3.8) is 0 Å². The summed E-state index contributed by atoms with van der Waals surface area (Å²) in [5, 5.41) is 8.20. The molecule has 2 aliphatic heterocycles. The largest absolute Gasteiger partial charge is 0.483 e. The standard InChI is InChI=1S/C41H36ClN7O9S/c42-31-23-44-41(48-37(31)27-9-4-8-26(22-27)25-6-2-1-3-7-25)46-28-12-14-29(15-13-28)59(55,56)45-19-21-57-20-18-43-35(51)24-58-33-11-5-10-30-36(33)40(54)49(39(30)53)32-16-17-34(50)47-38(32)52/h1-15,22-23,32,45H,16-21,24H2,(H,43,51)(H,44,46,48)(H,47,50,52). The highest BCUT2D eigenvalue weighted by atomic mass is 35.5. The number of halogens is 1. The fourth-order valence-electron chi connectivity index (χ4n) is 6.45. The van der Waals surface area contributed by atoms with E-state index in [2.05, 4.69) is 30.6 Å². The third-order valence-corrected chi connectivity index (χ3v) is 11.1. The Balaban J connectivity index is 0.830.